The predicted octanol–water partition coefficient (Wildman–Crippen LogP) is 2.85. The van der Waals surface area contributed by atoms with E-state index in [4.69, 9.17) is 9.73 Å². The van der Waals surface area contributed by atoms with Gasteiger partial charge >= 0.3 is 0 Å². The molecule has 0 amide bonds. The average molecular weight is 452 g/mol. The molecule has 1 heterocycles. The molecule has 0 aromatic heterocycles. The van der Waals surface area contributed by atoms with Crippen molar-refractivity contribution in [3.8, 4) is 0 Å². The number of hydrogen-bond donors (Lipinski definition) is 2. The molecule has 5 nitrogen and oxygen atoms in total. The van der Waals surface area contributed by atoms with E-state index in [1.807, 2.05) is 0 Å². The molecule has 2 aliphatic rings. The van der Waals surface area contributed by atoms with Gasteiger partial charge in [-0.15, -0.1) is 24.0 Å². The lowest BCUT2D eigenvalue weighted by molar-refractivity contribution is 0.0844. The van der Waals surface area contributed by atoms with Gasteiger partial charge in [-0.2, -0.15) is 0 Å². The van der Waals surface area contributed by atoms with E-state index in [-0.39, 0.29) is 29.5 Å². The van der Waals surface area contributed by atoms with Crippen LogP contribution in [0, 0.1) is 5.92 Å². The Morgan fingerprint density at radius 1 is 1.25 bits per heavy atom. The Morgan fingerprint density at radius 3 is 2.62 bits per heavy atom. The second-order valence-corrected chi connectivity index (χ2v) is 7.53. The summed E-state index contributed by atoms with van der Waals surface area (Å²) in [4.78, 5) is 7.32. The first-order valence-corrected chi connectivity index (χ1v) is 9.37. The van der Waals surface area contributed by atoms with Crippen LogP contribution < -0.4 is 10.6 Å². The molecule has 0 bridgehead atoms. The van der Waals surface area contributed by atoms with Crippen molar-refractivity contribution < 1.29 is 4.74 Å². The third-order valence-electron chi connectivity index (χ3n) is 5.41. The van der Waals surface area contributed by atoms with Gasteiger partial charge in [-0.3, -0.25) is 4.99 Å². The van der Waals surface area contributed by atoms with Crippen molar-refractivity contribution in [2.45, 2.75) is 64.0 Å². The van der Waals surface area contributed by atoms with Crippen LogP contribution in [-0.4, -0.2) is 62.8 Å². The Hall–Kier alpha value is -0.0800. The summed E-state index contributed by atoms with van der Waals surface area (Å²) in [5, 5.41) is 6.84. The topological polar surface area (TPSA) is 48.9 Å². The fourth-order valence-corrected chi connectivity index (χ4v) is 3.91. The van der Waals surface area contributed by atoms with Crippen LogP contribution in [0.2, 0.25) is 0 Å². The second-order valence-electron chi connectivity index (χ2n) is 7.53. The predicted molar refractivity (Wildman–Crippen MR) is 112 cm³/mol. The molecule has 0 radical (unpaired) electrons. The number of ether oxygens (including phenoxy) is 1. The number of nitrogens with zero attached hydrogens (tertiary/aromatic N) is 2. The SMILES string of the molecule is CCNC(=NCC1(N(C)C)CCCC(C)C1)NCC1CCCO1.I. The Kier molecular flexibility index (Phi) is 9.89. The summed E-state index contributed by atoms with van der Waals surface area (Å²) in [5.74, 6) is 1.73. The third kappa shape index (κ3) is 6.33. The molecule has 3 unspecified atom stereocenters. The van der Waals surface area contributed by atoms with Crippen LogP contribution in [0.4, 0.5) is 0 Å². The molecule has 2 rings (SSSR count). The van der Waals surface area contributed by atoms with Crippen molar-refractivity contribution in [1.82, 2.24) is 15.5 Å². The summed E-state index contributed by atoms with van der Waals surface area (Å²) < 4.78 is 5.69. The molecular formula is C18H37IN4O. The Labute approximate surface area is 165 Å². The number of hydrogen-bond acceptors (Lipinski definition) is 3. The minimum atomic E-state index is 0. The highest BCUT2D eigenvalue weighted by atomic mass is 127. The van der Waals surface area contributed by atoms with Crippen molar-refractivity contribution in [2.24, 2.45) is 10.9 Å². The van der Waals surface area contributed by atoms with E-state index in [1.54, 1.807) is 0 Å². The van der Waals surface area contributed by atoms with Crippen LogP contribution in [0.15, 0.2) is 4.99 Å². The summed E-state index contributed by atoms with van der Waals surface area (Å²) in [5.41, 5.74) is 0.212. The van der Waals surface area contributed by atoms with Gasteiger partial charge in [0.1, 0.15) is 0 Å². The van der Waals surface area contributed by atoms with Crippen LogP contribution in [-0.2, 0) is 4.74 Å². The van der Waals surface area contributed by atoms with Crippen molar-refractivity contribution in [2.75, 3.05) is 40.3 Å². The summed E-state index contributed by atoms with van der Waals surface area (Å²) in [7, 11) is 4.42. The number of nitrogens with one attached hydrogen (secondary N) is 2. The van der Waals surface area contributed by atoms with Crippen LogP contribution in [0.3, 0.4) is 0 Å². The van der Waals surface area contributed by atoms with E-state index in [1.165, 1.54) is 32.1 Å². The van der Waals surface area contributed by atoms with Gasteiger partial charge in [0.15, 0.2) is 5.96 Å². The van der Waals surface area contributed by atoms with Gasteiger partial charge in [-0.25, -0.2) is 0 Å². The number of guanidine groups is 1. The molecule has 1 saturated heterocycles. The van der Waals surface area contributed by atoms with Crippen molar-refractivity contribution in [3.63, 3.8) is 0 Å². The van der Waals surface area contributed by atoms with Crippen molar-refractivity contribution >= 4 is 29.9 Å². The normalized spacial score (nSPS) is 31.0. The quantitative estimate of drug-likeness (QED) is 0.370. The van der Waals surface area contributed by atoms with E-state index in [9.17, 15) is 0 Å². The van der Waals surface area contributed by atoms with Crippen molar-refractivity contribution in [3.05, 3.63) is 0 Å². The summed E-state index contributed by atoms with van der Waals surface area (Å²) in [6.07, 6.45) is 7.85. The standard InChI is InChI=1S/C18H36N4O.HI/c1-5-19-17(20-13-16-9-7-11-23-16)21-14-18(22(3)4)10-6-8-15(2)12-18;/h15-16H,5-14H2,1-4H3,(H2,19,20,21);1H. The largest absolute Gasteiger partial charge is 0.376 e. The Morgan fingerprint density at radius 2 is 2.04 bits per heavy atom. The zero-order chi connectivity index (χ0) is 16.7. The number of rotatable bonds is 6. The maximum Gasteiger partial charge on any atom is 0.191 e. The van der Waals surface area contributed by atoms with Crippen LogP contribution >= 0.6 is 24.0 Å². The Balaban J connectivity index is 0.00000288. The fraction of sp³-hybridized carbons (Fsp3) is 0.944. The van der Waals surface area contributed by atoms with Gasteiger partial charge in [0.05, 0.1) is 12.6 Å². The second kappa shape index (κ2) is 10.8. The molecule has 6 heteroatoms. The Bertz CT molecular complexity index is 385. The van der Waals surface area contributed by atoms with Gasteiger partial charge in [0.2, 0.25) is 0 Å². The highest BCUT2D eigenvalue weighted by molar-refractivity contribution is 14.0. The average Bonchev–Trinajstić information content (AvgIpc) is 3.03. The summed E-state index contributed by atoms with van der Waals surface area (Å²) in [6, 6.07) is 0. The van der Waals surface area contributed by atoms with E-state index in [0.717, 1.165) is 44.5 Å². The molecule has 2 fully saturated rings. The highest BCUT2D eigenvalue weighted by Gasteiger charge is 2.36. The first kappa shape index (κ1) is 22.0. The maximum atomic E-state index is 5.69. The lowest BCUT2D eigenvalue weighted by Crippen LogP contribution is -2.51. The van der Waals surface area contributed by atoms with Crippen LogP contribution in [0.1, 0.15) is 52.4 Å². The van der Waals surface area contributed by atoms with Gasteiger partial charge in [-0.1, -0.05) is 19.8 Å². The molecular weight excluding hydrogens is 415 g/mol. The molecule has 142 valence electrons. The molecule has 0 spiro atoms. The molecule has 3 atom stereocenters. The van der Waals surface area contributed by atoms with Gasteiger partial charge in [0.25, 0.3) is 0 Å². The van der Waals surface area contributed by atoms with Crippen molar-refractivity contribution in [1.29, 1.82) is 0 Å². The minimum Gasteiger partial charge on any atom is -0.376 e. The zero-order valence-corrected chi connectivity index (χ0v) is 18.3. The summed E-state index contributed by atoms with van der Waals surface area (Å²) in [6.45, 7) is 8.02. The molecule has 0 aromatic rings. The number of likely N-dealkylation sites (N-methyl/N-ethyl adjacent to an activating group) is 1. The maximum absolute atomic E-state index is 5.69. The highest BCUT2D eigenvalue weighted by Crippen LogP contribution is 2.35. The lowest BCUT2D eigenvalue weighted by Gasteiger charge is -2.44. The molecule has 1 aliphatic carbocycles. The molecule has 1 saturated carbocycles. The third-order valence-corrected chi connectivity index (χ3v) is 5.41. The number of aliphatic imine (C=N–C) groups is 1. The first-order valence-electron chi connectivity index (χ1n) is 9.37. The van der Waals surface area contributed by atoms with Crippen LogP contribution in [0.5, 0.6) is 0 Å². The molecule has 0 aromatic carbocycles. The van der Waals surface area contributed by atoms with E-state index < -0.39 is 0 Å². The lowest BCUT2D eigenvalue weighted by atomic mass is 9.75. The molecule has 24 heavy (non-hydrogen) atoms. The van der Waals surface area contributed by atoms with Gasteiger partial charge in [0, 0.05) is 25.2 Å². The zero-order valence-electron chi connectivity index (χ0n) is 15.9. The smallest absolute Gasteiger partial charge is 0.191 e. The molecule has 2 N–H and O–H groups in total. The minimum absolute atomic E-state index is 0. The van der Waals surface area contributed by atoms with Gasteiger partial charge < -0.3 is 20.3 Å². The number of halogens is 1. The first-order chi connectivity index (χ1) is 11.1. The monoisotopic (exact) mass is 452 g/mol. The van der Waals surface area contributed by atoms with E-state index in [0.29, 0.717) is 6.10 Å². The fourth-order valence-electron chi connectivity index (χ4n) is 3.91. The van der Waals surface area contributed by atoms with Gasteiger partial charge in [-0.05, 0) is 52.6 Å². The molecule has 1 aliphatic heterocycles. The summed E-state index contributed by atoms with van der Waals surface area (Å²) >= 11 is 0. The van der Waals surface area contributed by atoms with E-state index in [2.05, 4.69) is 43.5 Å². The van der Waals surface area contributed by atoms with Crippen LogP contribution in [0.25, 0.3) is 0 Å². The van der Waals surface area contributed by atoms with E-state index >= 15 is 0 Å².